The van der Waals surface area contributed by atoms with Crippen LogP contribution >= 0.6 is 0 Å². The first-order valence-corrected chi connectivity index (χ1v) is 7.72. The van der Waals surface area contributed by atoms with E-state index in [1.165, 1.54) is 6.07 Å². The van der Waals surface area contributed by atoms with Gasteiger partial charge >= 0.3 is 6.18 Å². The lowest BCUT2D eigenvalue weighted by Crippen LogP contribution is -2.50. The van der Waals surface area contributed by atoms with Gasteiger partial charge in [-0.25, -0.2) is 4.98 Å². The Bertz CT molecular complexity index is 549. The summed E-state index contributed by atoms with van der Waals surface area (Å²) in [5.74, 6) is 0.591. The highest BCUT2D eigenvalue weighted by Crippen LogP contribution is 2.29. The standard InChI is InChI=1S/C15H19F3N4O/c16-15(17,18)11-1-4-13(19-9-11)22-7-5-21(6-8-22)10-14(23)20-12-2-3-12/h1,4,9,12H,2-3,5-8,10H2,(H,20,23). The topological polar surface area (TPSA) is 48.5 Å². The zero-order valence-corrected chi connectivity index (χ0v) is 12.6. The van der Waals surface area contributed by atoms with Gasteiger partial charge < -0.3 is 10.2 Å². The quantitative estimate of drug-likeness (QED) is 0.910. The van der Waals surface area contributed by atoms with E-state index < -0.39 is 11.7 Å². The van der Waals surface area contributed by atoms with Crippen molar-refractivity contribution in [3.63, 3.8) is 0 Å². The Morgan fingerprint density at radius 1 is 1.22 bits per heavy atom. The Hall–Kier alpha value is -1.83. The maximum atomic E-state index is 12.5. The molecule has 126 valence electrons. The lowest BCUT2D eigenvalue weighted by atomic mass is 10.2. The molecule has 0 atom stereocenters. The van der Waals surface area contributed by atoms with Crippen LogP contribution in [0.5, 0.6) is 0 Å². The van der Waals surface area contributed by atoms with Gasteiger partial charge in [-0.15, -0.1) is 0 Å². The Morgan fingerprint density at radius 3 is 2.43 bits per heavy atom. The van der Waals surface area contributed by atoms with Gasteiger partial charge in [-0.3, -0.25) is 9.69 Å². The summed E-state index contributed by atoms with van der Waals surface area (Å²) in [6.07, 6.45) is -1.36. The Morgan fingerprint density at radius 2 is 1.91 bits per heavy atom. The van der Waals surface area contributed by atoms with Crippen LogP contribution < -0.4 is 10.2 Å². The first kappa shape index (κ1) is 16.0. The number of carbonyl (C=O) groups excluding carboxylic acids is 1. The van der Waals surface area contributed by atoms with Gasteiger partial charge in [0.25, 0.3) is 0 Å². The molecule has 2 aliphatic rings. The monoisotopic (exact) mass is 328 g/mol. The zero-order chi connectivity index (χ0) is 16.4. The minimum absolute atomic E-state index is 0.0496. The number of carbonyl (C=O) groups is 1. The van der Waals surface area contributed by atoms with Crippen molar-refractivity contribution in [1.29, 1.82) is 0 Å². The summed E-state index contributed by atoms with van der Waals surface area (Å²) in [6.45, 7) is 3.07. The summed E-state index contributed by atoms with van der Waals surface area (Å²) in [5, 5.41) is 2.95. The van der Waals surface area contributed by atoms with Crippen molar-refractivity contribution in [3.05, 3.63) is 23.9 Å². The van der Waals surface area contributed by atoms with E-state index in [-0.39, 0.29) is 5.91 Å². The molecule has 1 saturated heterocycles. The van der Waals surface area contributed by atoms with Crippen molar-refractivity contribution in [1.82, 2.24) is 15.2 Å². The summed E-state index contributed by atoms with van der Waals surface area (Å²) in [7, 11) is 0. The van der Waals surface area contributed by atoms with Gasteiger partial charge in [-0.2, -0.15) is 13.2 Å². The number of halogens is 3. The van der Waals surface area contributed by atoms with Gasteiger partial charge in [0.2, 0.25) is 5.91 Å². The molecule has 0 bridgehead atoms. The summed E-state index contributed by atoms with van der Waals surface area (Å²) in [5.41, 5.74) is -0.739. The second-order valence-corrected chi connectivity index (χ2v) is 6.01. The lowest BCUT2D eigenvalue weighted by Gasteiger charge is -2.35. The number of hydrogen-bond acceptors (Lipinski definition) is 4. The van der Waals surface area contributed by atoms with Crippen molar-refractivity contribution < 1.29 is 18.0 Å². The fourth-order valence-corrected chi connectivity index (χ4v) is 2.58. The number of alkyl halides is 3. The van der Waals surface area contributed by atoms with Crippen molar-refractivity contribution in [2.45, 2.75) is 25.1 Å². The van der Waals surface area contributed by atoms with Gasteiger partial charge in [0, 0.05) is 38.4 Å². The molecule has 23 heavy (non-hydrogen) atoms. The van der Waals surface area contributed by atoms with Gasteiger partial charge in [0.15, 0.2) is 0 Å². The average molecular weight is 328 g/mol. The second-order valence-electron chi connectivity index (χ2n) is 6.01. The summed E-state index contributed by atoms with van der Waals surface area (Å²) < 4.78 is 37.6. The zero-order valence-electron chi connectivity index (χ0n) is 12.6. The molecule has 1 aliphatic carbocycles. The van der Waals surface area contributed by atoms with E-state index in [0.717, 1.165) is 25.1 Å². The van der Waals surface area contributed by atoms with E-state index in [4.69, 9.17) is 0 Å². The molecule has 0 spiro atoms. The van der Waals surface area contributed by atoms with Gasteiger partial charge in [-0.05, 0) is 25.0 Å². The van der Waals surface area contributed by atoms with E-state index in [9.17, 15) is 18.0 Å². The number of nitrogens with zero attached hydrogens (tertiary/aromatic N) is 3. The highest BCUT2D eigenvalue weighted by atomic mass is 19.4. The largest absolute Gasteiger partial charge is 0.417 e. The molecule has 0 aromatic carbocycles. The minimum Gasteiger partial charge on any atom is -0.354 e. The van der Waals surface area contributed by atoms with Gasteiger partial charge in [0.05, 0.1) is 12.1 Å². The molecule has 1 aromatic rings. The number of amides is 1. The summed E-state index contributed by atoms with van der Waals surface area (Å²) in [4.78, 5) is 19.7. The molecule has 1 aliphatic heterocycles. The molecular weight excluding hydrogens is 309 g/mol. The molecule has 0 radical (unpaired) electrons. The molecule has 3 rings (SSSR count). The van der Waals surface area contributed by atoms with Crippen LogP contribution in [0.2, 0.25) is 0 Å². The number of hydrogen-bond donors (Lipinski definition) is 1. The number of rotatable bonds is 4. The molecule has 1 aromatic heterocycles. The first-order valence-electron chi connectivity index (χ1n) is 7.72. The average Bonchev–Trinajstić information content (AvgIpc) is 3.31. The predicted octanol–water partition coefficient (Wildman–Crippen LogP) is 1.50. The fourth-order valence-electron chi connectivity index (χ4n) is 2.58. The van der Waals surface area contributed by atoms with Crippen LogP contribution in [-0.2, 0) is 11.0 Å². The molecule has 8 heteroatoms. The minimum atomic E-state index is -4.36. The van der Waals surface area contributed by atoms with Crippen LogP contribution in [0.1, 0.15) is 18.4 Å². The van der Waals surface area contributed by atoms with Crippen LogP contribution in [0.3, 0.4) is 0 Å². The van der Waals surface area contributed by atoms with Gasteiger partial charge in [-0.1, -0.05) is 0 Å². The van der Waals surface area contributed by atoms with Crippen LogP contribution in [0.15, 0.2) is 18.3 Å². The normalized spacial score (nSPS) is 19.7. The number of aromatic nitrogens is 1. The number of piperazine rings is 1. The molecule has 1 amide bonds. The van der Waals surface area contributed by atoms with Gasteiger partial charge in [0.1, 0.15) is 5.82 Å². The van der Waals surface area contributed by atoms with Crippen LogP contribution in [0.25, 0.3) is 0 Å². The van der Waals surface area contributed by atoms with Crippen molar-refractivity contribution in [3.8, 4) is 0 Å². The predicted molar refractivity (Wildman–Crippen MR) is 79.1 cm³/mol. The third kappa shape index (κ3) is 4.34. The molecule has 0 unspecified atom stereocenters. The van der Waals surface area contributed by atoms with Crippen LogP contribution in [0.4, 0.5) is 19.0 Å². The van der Waals surface area contributed by atoms with Crippen LogP contribution in [0, 0.1) is 0 Å². The molecule has 1 saturated carbocycles. The maximum Gasteiger partial charge on any atom is 0.417 e. The second kappa shape index (κ2) is 6.35. The highest BCUT2D eigenvalue weighted by molar-refractivity contribution is 5.78. The van der Waals surface area contributed by atoms with Crippen molar-refractivity contribution in [2.24, 2.45) is 0 Å². The molecule has 5 nitrogen and oxygen atoms in total. The van der Waals surface area contributed by atoms with E-state index >= 15 is 0 Å². The molecule has 1 N–H and O–H groups in total. The third-order valence-corrected chi connectivity index (χ3v) is 4.08. The smallest absolute Gasteiger partial charge is 0.354 e. The Balaban J connectivity index is 1.49. The fraction of sp³-hybridized carbons (Fsp3) is 0.600. The molecule has 2 fully saturated rings. The van der Waals surface area contributed by atoms with E-state index in [1.807, 2.05) is 4.90 Å². The Kier molecular flexibility index (Phi) is 4.43. The third-order valence-electron chi connectivity index (χ3n) is 4.08. The summed E-state index contributed by atoms with van der Waals surface area (Å²) >= 11 is 0. The number of nitrogens with one attached hydrogen (secondary N) is 1. The SMILES string of the molecule is O=C(CN1CCN(c2ccc(C(F)(F)F)cn2)CC1)NC1CC1. The van der Waals surface area contributed by atoms with Crippen molar-refractivity contribution >= 4 is 11.7 Å². The molecule has 2 heterocycles. The molecular formula is C15H19F3N4O. The summed E-state index contributed by atoms with van der Waals surface area (Å²) in [6, 6.07) is 2.82. The first-order chi connectivity index (χ1) is 10.9. The van der Waals surface area contributed by atoms with E-state index in [2.05, 4.69) is 15.2 Å². The number of pyridine rings is 1. The highest BCUT2D eigenvalue weighted by Gasteiger charge is 2.31. The van der Waals surface area contributed by atoms with Crippen molar-refractivity contribution in [2.75, 3.05) is 37.6 Å². The number of anilines is 1. The van der Waals surface area contributed by atoms with E-state index in [1.54, 1.807) is 0 Å². The lowest BCUT2D eigenvalue weighted by molar-refractivity contribution is -0.137. The van der Waals surface area contributed by atoms with Crippen LogP contribution in [-0.4, -0.2) is 54.6 Å². The Labute approximate surface area is 132 Å². The maximum absolute atomic E-state index is 12.5. The van der Waals surface area contributed by atoms with E-state index in [0.29, 0.717) is 44.6 Å².